The van der Waals surface area contributed by atoms with Crippen LogP contribution in [0.4, 0.5) is 5.69 Å². The summed E-state index contributed by atoms with van der Waals surface area (Å²) in [5.74, 6) is 0.790. The van der Waals surface area contributed by atoms with Crippen molar-refractivity contribution in [2.75, 3.05) is 12.4 Å². The molecule has 0 amide bonds. The van der Waals surface area contributed by atoms with Crippen LogP contribution in [0.25, 0.3) is 0 Å². The van der Waals surface area contributed by atoms with Crippen molar-refractivity contribution in [3.63, 3.8) is 0 Å². The maximum atomic E-state index is 5.38. The number of halogens is 2. The summed E-state index contributed by atoms with van der Waals surface area (Å²) in [4.78, 5) is 0. The van der Waals surface area contributed by atoms with Crippen LogP contribution in [-0.2, 0) is 13.6 Å². The zero-order valence-electron chi connectivity index (χ0n) is 11.0. The van der Waals surface area contributed by atoms with Crippen LogP contribution < -0.4 is 10.1 Å². The van der Waals surface area contributed by atoms with Gasteiger partial charge in [0.15, 0.2) is 0 Å². The highest BCUT2D eigenvalue weighted by atomic mass is 79.9. The Balaban J connectivity index is 2.19. The van der Waals surface area contributed by atoms with Crippen molar-refractivity contribution < 1.29 is 4.74 Å². The molecule has 1 aromatic carbocycles. The Bertz CT molecular complexity index is 596. The number of benzene rings is 1. The van der Waals surface area contributed by atoms with Crippen molar-refractivity contribution in [1.29, 1.82) is 0 Å². The highest BCUT2D eigenvalue weighted by molar-refractivity contribution is 9.11. The number of anilines is 1. The van der Waals surface area contributed by atoms with Gasteiger partial charge in [0.1, 0.15) is 0 Å². The molecule has 102 valence electrons. The molecule has 2 rings (SSSR count). The molecule has 0 aliphatic rings. The summed E-state index contributed by atoms with van der Waals surface area (Å²) in [6.45, 7) is 2.65. The van der Waals surface area contributed by atoms with E-state index >= 15 is 0 Å². The standard InChI is InChI=1S/C13H15Br2N3O/c1-8-10(13(19-3)18(2)17-8)7-16-12-5-4-9(14)6-11(12)15/h4-6,16H,7H2,1-3H3. The van der Waals surface area contributed by atoms with Gasteiger partial charge in [0.2, 0.25) is 5.88 Å². The van der Waals surface area contributed by atoms with E-state index in [9.17, 15) is 0 Å². The van der Waals surface area contributed by atoms with Crippen molar-refractivity contribution >= 4 is 37.5 Å². The number of ether oxygens (including phenoxy) is 1. The van der Waals surface area contributed by atoms with Crippen molar-refractivity contribution in [1.82, 2.24) is 9.78 Å². The van der Waals surface area contributed by atoms with Gasteiger partial charge in [0.05, 0.1) is 18.4 Å². The lowest BCUT2D eigenvalue weighted by molar-refractivity contribution is 0.370. The lowest BCUT2D eigenvalue weighted by Crippen LogP contribution is -2.03. The fraction of sp³-hybridized carbons (Fsp3) is 0.308. The molecular formula is C13H15Br2N3O. The Labute approximate surface area is 129 Å². The van der Waals surface area contributed by atoms with Gasteiger partial charge in [-0.3, -0.25) is 0 Å². The third kappa shape index (κ3) is 3.12. The van der Waals surface area contributed by atoms with Crippen LogP contribution in [0.2, 0.25) is 0 Å². The van der Waals surface area contributed by atoms with Gasteiger partial charge in [-0.25, -0.2) is 4.68 Å². The zero-order valence-corrected chi connectivity index (χ0v) is 14.2. The summed E-state index contributed by atoms with van der Waals surface area (Å²) < 4.78 is 9.19. The topological polar surface area (TPSA) is 39.1 Å². The molecule has 4 nitrogen and oxygen atoms in total. The maximum Gasteiger partial charge on any atom is 0.216 e. The van der Waals surface area contributed by atoms with Gasteiger partial charge in [-0.2, -0.15) is 5.10 Å². The summed E-state index contributed by atoms with van der Waals surface area (Å²) in [6.07, 6.45) is 0. The normalized spacial score (nSPS) is 10.6. The fourth-order valence-corrected chi connectivity index (χ4v) is 3.14. The molecule has 0 saturated heterocycles. The van der Waals surface area contributed by atoms with Crippen molar-refractivity contribution in [3.05, 3.63) is 38.4 Å². The van der Waals surface area contributed by atoms with Gasteiger partial charge >= 0.3 is 0 Å². The fourth-order valence-electron chi connectivity index (χ4n) is 1.96. The SMILES string of the molecule is COc1c(CNc2ccc(Br)cc2Br)c(C)nn1C. The second-order valence-electron chi connectivity index (χ2n) is 4.17. The van der Waals surface area contributed by atoms with Gasteiger partial charge in [0, 0.05) is 28.2 Å². The second kappa shape index (κ2) is 5.96. The number of methoxy groups -OCH3 is 1. The quantitative estimate of drug-likeness (QED) is 0.863. The molecule has 6 heteroatoms. The first kappa shape index (κ1) is 14.4. The van der Waals surface area contributed by atoms with Crippen LogP contribution in [-0.4, -0.2) is 16.9 Å². The molecule has 0 unspecified atom stereocenters. The third-order valence-corrected chi connectivity index (χ3v) is 4.02. The highest BCUT2D eigenvalue weighted by Gasteiger charge is 2.13. The number of aromatic nitrogens is 2. The highest BCUT2D eigenvalue weighted by Crippen LogP contribution is 2.28. The number of hydrogen-bond acceptors (Lipinski definition) is 3. The zero-order chi connectivity index (χ0) is 14.0. The number of hydrogen-bond donors (Lipinski definition) is 1. The van der Waals surface area contributed by atoms with E-state index in [1.807, 2.05) is 32.2 Å². The smallest absolute Gasteiger partial charge is 0.216 e. The van der Waals surface area contributed by atoms with E-state index in [1.54, 1.807) is 11.8 Å². The number of nitrogens with zero attached hydrogens (tertiary/aromatic N) is 2. The predicted octanol–water partition coefficient (Wildman–Crippen LogP) is 3.87. The molecule has 1 N–H and O–H groups in total. The minimum atomic E-state index is 0.670. The molecule has 19 heavy (non-hydrogen) atoms. The third-order valence-electron chi connectivity index (χ3n) is 2.87. The number of rotatable bonds is 4. The van der Waals surface area contributed by atoms with E-state index in [0.29, 0.717) is 6.54 Å². The minimum Gasteiger partial charge on any atom is -0.481 e. The molecule has 0 aliphatic carbocycles. The average molecular weight is 389 g/mol. The van der Waals surface area contributed by atoms with Gasteiger partial charge in [-0.15, -0.1) is 0 Å². The molecule has 0 spiro atoms. The summed E-state index contributed by atoms with van der Waals surface area (Å²) in [7, 11) is 3.54. The summed E-state index contributed by atoms with van der Waals surface area (Å²) in [5.41, 5.74) is 3.08. The number of nitrogens with one attached hydrogen (secondary N) is 1. The molecule has 0 radical (unpaired) electrons. The van der Waals surface area contributed by atoms with Crippen molar-refractivity contribution in [3.8, 4) is 5.88 Å². The molecule has 1 heterocycles. The van der Waals surface area contributed by atoms with Crippen molar-refractivity contribution in [2.24, 2.45) is 7.05 Å². The Morgan fingerprint density at radius 1 is 1.37 bits per heavy atom. The van der Waals surface area contributed by atoms with Crippen LogP contribution in [0.15, 0.2) is 27.1 Å². The van der Waals surface area contributed by atoms with Crippen LogP contribution in [0.1, 0.15) is 11.3 Å². The van der Waals surface area contributed by atoms with Gasteiger partial charge in [0.25, 0.3) is 0 Å². The molecule has 2 aromatic rings. The monoisotopic (exact) mass is 387 g/mol. The summed E-state index contributed by atoms with van der Waals surface area (Å²) in [6, 6.07) is 6.03. The molecule has 0 aliphatic heterocycles. The summed E-state index contributed by atoms with van der Waals surface area (Å²) >= 11 is 6.97. The van der Waals surface area contributed by atoms with E-state index in [1.165, 1.54) is 0 Å². The van der Waals surface area contributed by atoms with Crippen LogP contribution in [0, 0.1) is 6.92 Å². The molecule has 1 aromatic heterocycles. The van der Waals surface area contributed by atoms with Crippen LogP contribution in [0.5, 0.6) is 5.88 Å². The lowest BCUT2D eigenvalue weighted by atomic mass is 10.2. The first-order chi connectivity index (χ1) is 9.02. The first-order valence-corrected chi connectivity index (χ1v) is 7.37. The maximum absolute atomic E-state index is 5.38. The van der Waals surface area contributed by atoms with Gasteiger partial charge in [-0.1, -0.05) is 15.9 Å². The average Bonchev–Trinajstić information content (AvgIpc) is 2.62. The molecule has 0 saturated carbocycles. The minimum absolute atomic E-state index is 0.670. The van der Waals surface area contributed by atoms with Crippen LogP contribution in [0.3, 0.4) is 0 Å². The van der Waals surface area contributed by atoms with Crippen molar-refractivity contribution in [2.45, 2.75) is 13.5 Å². The Kier molecular flexibility index (Phi) is 4.52. The Morgan fingerprint density at radius 2 is 2.11 bits per heavy atom. The molecule has 0 fully saturated rings. The van der Waals surface area contributed by atoms with E-state index in [4.69, 9.17) is 4.74 Å². The van der Waals surface area contributed by atoms with Gasteiger partial charge < -0.3 is 10.1 Å². The largest absolute Gasteiger partial charge is 0.481 e. The summed E-state index contributed by atoms with van der Waals surface area (Å²) in [5, 5.41) is 7.75. The lowest BCUT2D eigenvalue weighted by Gasteiger charge is -2.10. The number of aryl methyl sites for hydroxylation is 2. The van der Waals surface area contributed by atoms with E-state index in [2.05, 4.69) is 42.3 Å². The first-order valence-electron chi connectivity index (χ1n) is 5.78. The van der Waals surface area contributed by atoms with Crippen LogP contribution >= 0.6 is 31.9 Å². The predicted molar refractivity (Wildman–Crippen MR) is 83.7 cm³/mol. The molecule has 0 atom stereocenters. The second-order valence-corrected chi connectivity index (χ2v) is 5.94. The Morgan fingerprint density at radius 3 is 2.74 bits per heavy atom. The van der Waals surface area contributed by atoms with E-state index in [0.717, 1.165) is 31.8 Å². The van der Waals surface area contributed by atoms with E-state index in [-0.39, 0.29) is 0 Å². The van der Waals surface area contributed by atoms with Gasteiger partial charge in [-0.05, 0) is 41.1 Å². The molecule has 0 bridgehead atoms. The van der Waals surface area contributed by atoms with E-state index < -0.39 is 0 Å². The Hall–Kier alpha value is -1.01. The molecular weight excluding hydrogens is 374 g/mol.